The molecule has 20 heavy (non-hydrogen) atoms. The van der Waals surface area contributed by atoms with Gasteiger partial charge in [-0.15, -0.1) is 0 Å². The minimum atomic E-state index is -0.966. The number of rotatable bonds is 3. The Balaban J connectivity index is 2.12. The van der Waals surface area contributed by atoms with Crippen molar-refractivity contribution in [1.29, 1.82) is 0 Å². The lowest BCUT2D eigenvalue weighted by atomic mass is 10.1. The molecule has 1 amide bonds. The fourth-order valence-electron chi connectivity index (χ4n) is 2.22. The van der Waals surface area contributed by atoms with Gasteiger partial charge in [0.05, 0.1) is 19.1 Å². The second kappa shape index (κ2) is 6.00. The lowest BCUT2D eigenvalue weighted by Gasteiger charge is -2.32. The lowest BCUT2D eigenvalue weighted by Crippen LogP contribution is -2.46. The Morgan fingerprint density at radius 1 is 1.50 bits per heavy atom. The minimum Gasteiger partial charge on any atom is -0.481 e. The van der Waals surface area contributed by atoms with E-state index in [1.165, 1.54) is 17.0 Å². The average Bonchev–Trinajstić information content (AvgIpc) is 2.40. The molecule has 108 valence electrons. The minimum absolute atomic E-state index is 0.147. The molecule has 0 radical (unpaired) electrons. The molecule has 6 heteroatoms. The Bertz CT molecular complexity index is 532. The third-order valence-corrected chi connectivity index (χ3v) is 3.26. The first-order chi connectivity index (χ1) is 9.47. The highest BCUT2D eigenvalue weighted by Gasteiger charge is 2.27. The number of ether oxygens (including phenoxy) is 1. The van der Waals surface area contributed by atoms with Gasteiger partial charge < -0.3 is 14.7 Å². The zero-order valence-corrected chi connectivity index (χ0v) is 11.1. The number of morpholine rings is 1. The molecule has 0 unspecified atom stereocenters. The third-order valence-electron chi connectivity index (χ3n) is 3.26. The summed E-state index contributed by atoms with van der Waals surface area (Å²) >= 11 is 0. The monoisotopic (exact) mass is 281 g/mol. The predicted octanol–water partition coefficient (Wildman–Crippen LogP) is 1.45. The van der Waals surface area contributed by atoms with Crippen LogP contribution in [0.4, 0.5) is 4.39 Å². The number of carbonyl (C=O) groups is 2. The Morgan fingerprint density at radius 2 is 2.25 bits per heavy atom. The van der Waals surface area contributed by atoms with E-state index in [0.717, 1.165) is 0 Å². The van der Waals surface area contributed by atoms with Gasteiger partial charge >= 0.3 is 5.97 Å². The normalized spacial score (nSPS) is 18.9. The van der Waals surface area contributed by atoms with Crippen LogP contribution in [0.3, 0.4) is 0 Å². The number of hydrogen-bond donors (Lipinski definition) is 1. The van der Waals surface area contributed by atoms with Gasteiger partial charge in [0, 0.05) is 18.7 Å². The first-order valence-electron chi connectivity index (χ1n) is 6.36. The van der Waals surface area contributed by atoms with Crippen LogP contribution in [0, 0.1) is 12.7 Å². The van der Waals surface area contributed by atoms with Crippen LogP contribution in [0.1, 0.15) is 22.3 Å². The summed E-state index contributed by atoms with van der Waals surface area (Å²) in [7, 11) is 0. The highest BCUT2D eigenvalue weighted by molar-refractivity contribution is 5.95. The molecular formula is C14H16FNO4. The number of benzene rings is 1. The van der Waals surface area contributed by atoms with E-state index in [9.17, 15) is 14.0 Å². The lowest BCUT2D eigenvalue weighted by molar-refractivity contribution is -0.141. The summed E-state index contributed by atoms with van der Waals surface area (Å²) in [5, 5.41) is 8.76. The van der Waals surface area contributed by atoms with Crippen LogP contribution in [0.5, 0.6) is 0 Å². The number of aliphatic carboxylic acids is 1. The Hall–Kier alpha value is -1.95. The van der Waals surface area contributed by atoms with Crippen LogP contribution >= 0.6 is 0 Å². The van der Waals surface area contributed by atoms with Gasteiger partial charge in [-0.3, -0.25) is 9.59 Å². The summed E-state index contributed by atoms with van der Waals surface area (Å²) in [6.45, 7) is 2.62. The molecular weight excluding hydrogens is 265 g/mol. The van der Waals surface area contributed by atoms with Gasteiger partial charge in [-0.2, -0.15) is 0 Å². The Morgan fingerprint density at radius 3 is 2.95 bits per heavy atom. The van der Waals surface area contributed by atoms with Crippen molar-refractivity contribution < 1.29 is 23.8 Å². The summed E-state index contributed by atoms with van der Waals surface area (Å²) < 4.78 is 18.6. The van der Waals surface area contributed by atoms with Gasteiger partial charge in [0.15, 0.2) is 0 Å². The molecule has 2 rings (SSSR count). The van der Waals surface area contributed by atoms with Gasteiger partial charge in [-0.05, 0) is 24.6 Å². The molecule has 0 saturated carbocycles. The number of nitrogens with zero attached hydrogens (tertiary/aromatic N) is 1. The highest BCUT2D eigenvalue weighted by Crippen LogP contribution is 2.16. The summed E-state index contributed by atoms with van der Waals surface area (Å²) in [6.07, 6.45) is -0.662. The molecule has 1 aromatic rings. The van der Waals surface area contributed by atoms with Crippen LogP contribution in [0.2, 0.25) is 0 Å². The second-order valence-corrected chi connectivity index (χ2v) is 4.80. The van der Waals surface area contributed by atoms with E-state index >= 15 is 0 Å². The van der Waals surface area contributed by atoms with Gasteiger partial charge in [0.2, 0.25) is 0 Å². The van der Waals surface area contributed by atoms with Gasteiger partial charge in [-0.25, -0.2) is 4.39 Å². The zero-order valence-electron chi connectivity index (χ0n) is 11.1. The fraction of sp³-hybridized carbons (Fsp3) is 0.429. The van der Waals surface area contributed by atoms with Crippen molar-refractivity contribution in [2.45, 2.75) is 19.4 Å². The molecule has 5 nitrogen and oxygen atoms in total. The summed E-state index contributed by atoms with van der Waals surface area (Å²) in [4.78, 5) is 24.6. The van der Waals surface area contributed by atoms with Crippen molar-refractivity contribution in [2.75, 3.05) is 19.7 Å². The summed E-state index contributed by atoms with van der Waals surface area (Å²) in [6, 6.07) is 4.07. The molecule has 1 N–H and O–H groups in total. The molecule has 1 atom stereocenters. The van der Waals surface area contributed by atoms with Crippen molar-refractivity contribution in [2.24, 2.45) is 0 Å². The molecule has 0 aliphatic carbocycles. The fourth-order valence-corrected chi connectivity index (χ4v) is 2.22. The molecule has 1 saturated heterocycles. The molecule has 1 aromatic carbocycles. The quantitative estimate of drug-likeness (QED) is 0.910. The average molecular weight is 281 g/mol. The maximum atomic E-state index is 13.3. The summed E-state index contributed by atoms with van der Waals surface area (Å²) in [5.74, 6) is -1.72. The van der Waals surface area contributed by atoms with E-state index in [2.05, 4.69) is 0 Å². The van der Waals surface area contributed by atoms with Crippen molar-refractivity contribution >= 4 is 11.9 Å². The third kappa shape index (κ3) is 3.33. The summed E-state index contributed by atoms with van der Waals surface area (Å²) in [5.41, 5.74) is 0.999. The first-order valence-corrected chi connectivity index (χ1v) is 6.36. The van der Waals surface area contributed by atoms with E-state index in [-0.39, 0.29) is 25.5 Å². The van der Waals surface area contributed by atoms with Gasteiger partial charge in [0.1, 0.15) is 5.82 Å². The van der Waals surface area contributed by atoms with E-state index < -0.39 is 17.9 Å². The van der Waals surface area contributed by atoms with E-state index in [1.54, 1.807) is 13.0 Å². The number of hydrogen-bond acceptors (Lipinski definition) is 3. The maximum Gasteiger partial charge on any atom is 0.306 e. The van der Waals surface area contributed by atoms with Crippen LogP contribution in [0.25, 0.3) is 0 Å². The smallest absolute Gasteiger partial charge is 0.306 e. The molecule has 0 bridgehead atoms. The van der Waals surface area contributed by atoms with Crippen molar-refractivity contribution in [3.8, 4) is 0 Å². The Kier molecular flexibility index (Phi) is 4.34. The van der Waals surface area contributed by atoms with Gasteiger partial charge in [0.25, 0.3) is 5.91 Å². The van der Waals surface area contributed by atoms with Gasteiger partial charge in [-0.1, -0.05) is 6.07 Å². The number of aryl methyl sites for hydroxylation is 1. The molecule has 0 aromatic heterocycles. The van der Waals surface area contributed by atoms with Crippen molar-refractivity contribution in [3.05, 3.63) is 35.1 Å². The largest absolute Gasteiger partial charge is 0.481 e. The molecule has 1 fully saturated rings. The van der Waals surface area contributed by atoms with Crippen molar-refractivity contribution in [1.82, 2.24) is 4.90 Å². The Labute approximate surface area is 116 Å². The number of carboxylic acid groups (broad SMARTS) is 1. The topological polar surface area (TPSA) is 66.8 Å². The van der Waals surface area contributed by atoms with Crippen LogP contribution in [0.15, 0.2) is 18.2 Å². The standard InChI is InChI=1S/C14H16FNO4/c1-9-2-3-10(15)6-12(9)14(19)16-4-5-20-11(8-16)7-13(17)18/h2-3,6,11H,4-5,7-8H2,1H3,(H,17,18)/t11-/m1/s1. The predicted molar refractivity (Wildman–Crippen MR) is 69.0 cm³/mol. The number of carbonyl (C=O) groups excluding carboxylic acids is 1. The number of amides is 1. The van der Waals surface area contributed by atoms with E-state index in [4.69, 9.17) is 9.84 Å². The molecule has 1 aliphatic heterocycles. The van der Waals surface area contributed by atoms with E-state index in [0.29, 0.717) is 17.7 Å². The second-order valence-electron chi connectivity index (χ2n) is 4.80. The molecule has 1 heterocycles. The van der Waals surface area contributed by atoms with Crippen LogP contribution in [-0.2, 0) is 9.53 Å². The SMILES string of the molecule is Cc1ccc(F)cc1C(=O)N1CCO[C@H](CC(=O)O)C1. The van der Waals surface area contributed by atoms with Crippen LogP contribution in [-0.4, -0.2) is 47.7 Å². The zero-order chi connectivity index (χ0) is 14.7. The maximum absolute atomic E-state index is 13.3. The first kappa shape index (κ1) is 14.5. The van der Waals surface area contributed by atoms with E-state index in [1.807, 2.05) is 0 Å². The highest BCUT2D eigenvalue weighted by atomic mass is 19.1. The van der Waals surface area contributed by atoms with Crippen molar-refractivity contribution in [3.63, 3.8) is 0 Å². The molecule has 0 spiro atoms. The van der Waals surface area contributed by atoms with Crippen LogP contribution < -0.4 is 0 Å². The number of carboxylic acids is 1. The molecule has 1 aliphatic rings. The number of halogens is 1.